The fourth-order valence-corrected chi connectivity index (χ4v) is 4.10. The highest BCUT2D eigenvalue weighted by molar-refractivity contribution is 8.13. The molecule has 1 aromatic carbocycles. The molecule has 0 radical (unpaired) electrons. The molecule has 0 saturated carbocycles. The Balaban J connectivity index is 2.08. The van der Waals surface area contributed by atoms with E-state index in [1.54, 1.807) is 0 Å². The summed E-state index contributed by atoms with van der Waals surface area (Å²) in [6.45, 7) is 0.426. The van der Waals surface area contributed by atoms with Gasteiger partial charge in [0.2, 0.25) is 0 Å². The van der Waals surface area contributed by atoms with Crippen molar-refractivity contribution in [1.82, 2.24) is 9.78 Å². The lowest BCUT2D eigenvalue weighted by atomic mass is 9.98. The smallest absolute Gasteiger partial charge is 0.248 e. The van der Waals surface area contributed by atoms with Crippen molar-refractivity contribution in [3.05, 3.63) is 47.2 Å². The number of nitrogens with zero attached hydrogens (tertiary/aromatic N) is 2. The van der Waals surface area contributed by atoms with Gasteiger partial charge in [-0.1, -0.05) is 30.3 Å². The van der Waals surface area contributed by atoms with Crippen LogP contribution in [0.1, 0.15) is 29.7 Å². The van der Waals surface area contributed by atoms with Crippen molar-refractivity contribution < 1.29 is 8.42 Å². The first kappa shape index (κ1) is 13.6. The Labute approximate surface area is 122 Å². The van der Waals surface area contributed by atoms with E-state index in [2.05, 4.69) is 5.10 Å². The molecule has 106 valence electrons. The average Bonchev–Trinajstić information content (AvgIpc) is 2.77. The first-order valence-electron chi connectivity index (χ1n) is 6.63. The van der Waals surface area contributed by atoms with Crippen molar-refractivity contribution in [1.29, 1.82) is 0 Å². The van der Waals surface area contributed by atoms with E-state index < -0.39 is 9.05 Å². The van der Waals surface area contributed by atoms with E-state index in [9.17, 15) is 8.42 Å². The maximum Gasteiger partial charge on any atom is 0.278 e. The zero-order chi connectivity index (χ0) is 14.2. The molecule has 6 heteroatoms. The van der Waals surface area contributed by atoms with Crippen LogP contribution in [0.25, 0.3) is 0 Å². The lowest BCUT2D eigenvalue weighted by Crippen LogP contribution is -2.09. The minimum Gasteiger partial charge on any atom is -0.248 e. The number of benzene rings is 1. The molecule has 0 bridgehead atoms. The van der Waals surface area contributed by atoms with Crippen LogP contribution in [0, 0.1) is 0 Å². The van der Waals surface area contributed by atoms with Crippen LogP contribution >= 0.6 is 10.7 Å². The summed E-state index contributed by atoms with van der Waals surface area (Å²) in [4.78, 5) is 0. The largest absolute Gasteiger partial charge is 0.278 e. The van der Waals surface area contributed by atoms with Gasteiger partial charge < -0.3 is 0 Å². The van der Waals surface area contributed by atoms with Crippen molar-refractivity contribution in [2.45, 2.75) is 37.3 Å². The molecule has 1 aliphatic rings. The van der Waals surface area contributed by atoms with Gasteiger partial charge in [-0.25, -0.2) is 13.1 Å². The molecule has 0 aliphatic heterocycles. The lowest BCUT2D eigenvalue weighted by Gasteiger charge is -2.09. The standard InChI is InChI=1S/C14H15ClN2O2S/c15-20(18,19)14-12-8-4-5-9-13(12)16-17(14)10-11-6-2-1-3-7-11/h1-3,6-7H,4-5,8-10H2. The molecule has 0 atom stereocenters. The third-order valence-electron chi connectivity index (χ3n) is 3.58. The van der Waals surface area contributed by atoms with Gasteiger partial charge in [0.25, 0.3) is 9.05 Å². The average molecular weight is 311 g/mol. The van der Waals surface area contributed by atoms with E-state index in [0.717, 1.165) is 42.5 Å². The Morgan fingerprint density at radius 3 is 2.55 bits per heavy atom. The molecule has 0 fully saturated rings. The number of fused-ring (bicyclic) bond motifs is 1. The molecule has 3 rings (SSSR count). The summed E-state index contributed by atoms with van der Waals surface area (Å²) in [5.41, 5.74) is 2.70. The Bertz CT molecular complexity index is 723. The molecule has 0 unspecified atom stereocenters. The van der Waals surface area contributed by atoms with Gasteiger partial charge in [-0.3, -0.25) is 0 Å². The molecule has 0 amide bonds. The van der Waals surface area contributed by atoms with Gasteiger partial charge in [-0.05, 0) is 31.2 Å². The van der Waals surface area contributed by atoms with Gasteiger partial charge in [-0.2, -0.15) is 5.10 Å². The van der Waals surface area contributed by atoms with Crippen LogP contribution in [-0.4, -0.2) is 18.2 Å². The van der Waals surface area contributed by atoms with E-state index in [1.807, 2.05) is 30.3 Å². The number of hydrogen-bond acceptors (Lipinski definition) is 3. The highest BCUT2D eigenvalue weighted by Crippen LogP contribution is 2.29. The summed E-state index contributed by atoms with van der Waals surface area (Å²) in [6, 6.07) is 9.68. The fraction of sp³-hybridized carbons (Fsp3) is 0.357. The van der Waals surface area contributed by atoms with Crippen LogP contribution in [0.5, 0.6) is 0 Å². The van der Waals surface area contributed by atoms with Gasteiger partial charge in [-0.15, -0.1) is 0 Å². The summed E-state index contributed by atoms with van der Waals surface area (Å²) >= 11 is 0. The normalized spacial score (nSPS) is 15.1. The van der Waals surface area contributed by atoms with Crippen LogP contribution in [0.3, 0.4) is 0 Å². The number of rotatable bonds is 3. The SMILES string of the molecule is O=S(=O)(Cl)c1c2c(nn1Cc1ccccc1)CCCC2. The molecule has 2 aromatic rings. The number of aryl methyl sites for hydroxylation is 1. The Morgan fingerprint density at radius 2 is 1.85 bits per heavy atom. The summed E-state index contributed by atoms with van der Waals surface area (Å²) in [6.07, 6.45) is 3.61. The van der Waals surface area contributed by atoms with E-state index in [1.165, 1.54) is 4.68 Å². The van der Waals surface area contributed by atoms with Gasteiger partial charge in [0, 0.05) is 16.2 Å². The fourth-order valence-electron chi connectivity index (χ4n) is 2.71. The molecule has 1 heterocycles. The van der Waals surface area contributed by atoms with Crippen LogP contribution < -0.4 is 0 Å². The highest BCUT2D eigenvalue weighted by atomic mass is 35.7. The minimum atomic E-state index is -3.78. The molecule has 0 spiro atoms. The van der Waals surface area contributed by atoms with Crippen molar-refractivity contribution >= 4 is 19.7 Å². The second-order valence-electron chi connectivity index (χ2n) is 5.02. The summed E-state index contributed by atoms with van der Waals surface area (Å²) in [7, 11) is 1.84. The molecule has 0 N–H and O–H groups in total. The van der Waals surface area contributed by atoms with E-state index in [4.69, 9.17) is 10.7 Å². The third-order valence-corrected chi connectivity index (χ3v) is 4.94. The first-order chi connectivity index (χ1) is 9.55. The number of halogens is 1. The number of hydrogen-bond donors (Lipinski definition) is 0. The van der Waals surface area contributed by atoms with E-state index in [-0.39, 0.29) is 5.03 Å². The monoisotopic (exact) mass is 310 g/mol. The lowest BCUT2D eigenvalue weighted by molar-refractivity contribution is 0.570. The van der Waals surface area contributed by atoms with E-state index >= 15 is 0 Å². The molecular formula is C14H15ClN2O2S. The van der Waals surface area contributed by atoms with Crippen LogP contribution in [0.2, 0.25) is 0 Å². The minimum absolute atomic E-state index is 0.178. The van der Waals surface area contributed by atoms with Gasteiger partial charge in [0.05, 0.1) is 12.2 Å². The zero-order valence-electron chi connectivity index (χ0n) is 10.9. The Morgan fingerprint density at radius 1 is 1.15 bits per heavy atom. The molecule has 1 aliphatic carbocycles. The van der Waals surface area contributed by atoms with Crippen molar-refractivity contribution in [2.24, 2.45) is 0 Å². The third kappa shape index (κ3) is 2.60. The second kappa shape index (κ2) is 5.22. The zero-order valence-corrected chi connectivity index (χ0v) is 12.5. The maximum absolute atomic E-state index is 11.9. The summed E-state index contributed by atoms with van der Waals surface area (Å²) < 4.78 is 25.3. The van der Waals surface area contributed by atoms with E-state index in [0.29, 0.717) is 6.54 Å². The maximum atomic E-state index is 11.9. The summed E-state index contributed by atoms with van der Waals surface area (Å²) in [5.74, 6) is 0. The van der Waals surface area contributed by atoms with Crippen molar-refractivity contribution in [3.8, 4) is 0 Å². The summed E-state index contributed by atoms with van der Waals surface area (Å²) in [5, 5.41) is 4.64. The topological polar surface area (TPSA) is 52.0 Å². The first-order valence-corrected chi connectivity index (χ1v) is 8.94. The molecule has 20 heavy (non-hydrogen) atoms. The van der Waals surface area contributed by atoms with Crippen LogP contribution in [0.4, 0.5) is 0 Å². The molecule has 0 saturated heterocycles. The van der Waals surface area contributed by atoms with Crippen molar-refractivity contribution in [2.75, 3.05) is 0 Å². The predicted octanol–water partition coefficient (Wildman–Crippen LogP) is 2.74. The van der Waals surface area contributed by atoms with Crippen LogP contribution in [-0.2, 0) is 28.4 Å². The number of aromatic nitrogens is 2. The predicted molar refractivity (Wildman–Crippen MR) is 77.5 cm³/mol. The highest BCUT2D eigenvalue weighted by Gasteiger charge is 2.28. The van der Waals surface area contributed by atoms with Gasteiger partial charge in [0.15, 0.2) is 5.03 Å². The van der Waals surface area contributed by atoms with Gasteiger partial charge >= 0.3 is 0 Å². The Kier molecular flexibility index (Phi) is 3.56. The second-order valence-corrected chi connectivity index (χ2v) is 7.50. The molecule has 4 nitrogen and oxygen atoms in total. The van der Waals surface area contributed by atoms with Crippen LogP contribution in [0.15, 0.2) is 35.4 Å². The molecule has 1 aromatic heterocycles. The Hall–Kier alpha value is -1.33. The quantitative estimate of drug-likeness (QED) is 0.819. The van der Waals surface area contributed by atoms with Gasteiger partial charge in [0.1, 0.15) is 0 Å². The molecular weight excluding hydrogens is 296 g/mol. The van der Waals surface area contributed by atoms with Crippen molar-refractivity contribution in [3.63, 3.8) is 0 Å².